The molecule has 7 heteroatoms. The topological polar surface area (TPSA) is 80.3 Å². The highest BCUT2D eigenvalue weighted by atomic mass is 16.6. The van der Waals surface area contributed by atoms with Gasteiger partial charge in [0.1, 0.15) is 18.6 Å². The van der Waals surface area contributed by atoms with Crippen LogP contribution in [-0.4, -0.2) is 39.4 Å². The van der Waals surface area contributed by atoms with Gasteiger partial charge in [-0.2, -0.15) is 0 Å². The SMILES string of the molecule is COc1ccc(-c2cccc3c2COC3=O)c(OCC2(C(=O)OCC(C)(C)C)CCC2)c1OC. The standard InChI is InChI=1S/C27H32O7/c1-26(2,3)15-34-25(29)27(12-7-13-27)16-33-22-18(10-11-21(30-4)23(22)31-5)17-8-6-9-19-20(17)14-32-24(19)28/h6,8-11H,7,12-16H2,1-5H3. The molecular weight excluding hydrogens is 436 g/mol. The zero-order valence-corrected chi connectivity index (χ0v) is 20.5. The summed E-state index contributed by atoms with van der Waals surface area (Å²) in [6.07, 6.45) is 2.36. The largest absolute Gasteiger partial charge is 0.493 e. The van der Waals surface area contributed by atoms with Crippen molar-refractivity contribution in [2.45, 2.75) is 46.6 Å². The predicted octanol–water partition coefficient (Wildman–Crippen LogP) is 5.18. The Morgan fingerprint density at radius 2 is 1.74 bits per heavy atom. The van der Waals surface area contributed by atoms with Crippen LogP contribution in [0.25, 0.3) is 11.1 Å². The van der Waals surface area contributed by atoms with E-state index in [2.05, 4.69) is 0 Å². The van der Waals surface area contributed by atoms with E-state index in [4.69, 9.17) is 23.7 Å². The molecule has 1 fully saturated rings. The summed E-state index contributed by atoms with van der Waals surface area (Å²) in [7, 11) is 3.11. The Hall–Kier alpha value is -3.22. The van der Waals surface area contributed by atoms with Crippen molar-refractivity contribution in [1.29, 1.82) is 0 Å². The van der Waals surface area contributed by atoms with Crippen LogP contribution < -0.4 is 14.2 Å². The second-order valence-electron chi connectivity index (χ2n) is 10.1. The number of benzene rings is 2. The first-order valence-corrected chi connectivity index (χ1v) is 11.5. The molecule has 0 amide bonds. The van der Waals surface area contributed by atoms with Crippen LogP contribution in [-0.2, 0) is 20.9 Å². The Morgan fingerprint density at radius 1 is 1.00 bits per heavy atom. The van der Waals surface area contributed by atoms with E-state index >= 15 is 0 Å². The fraction of sp³-hybridized carbons (Fsp3) is 0.481. The van der Waals surface area contributed by atoms with E-state index in [1.807, 2.05) is 39.0 Å². The minimum atomic E-state index is -0.686. The molecule has 7 nitrogen and oxygen atoms in total. The number of cyclic esters (lactones) is 1. The number of methoxy groups -OCH3 is 2. The normalized spacial score (nSPS) is 16.2. The molecule has 2 aliphatic rings. The van der Waals surface area contributed by atoms with Crippen molar-refractivity contribution in [2.75, 3.05) is 27.4 Å². The van der Waals surface area contributed by atoms with Crippen LogP contribution in [0, 0.1) is 10.8 Å². The van der Waals surface area contributed by atoms with Gasteiger partial charge in [-0.1, -0.05) is 39.3 Å². The van der Waals surface area contributed by atoms with Crippen molar-refractivity contribution in [2.24, 2.45) is 10.8 Å². The van der Waals surface area contributed by atoms with Gasteiger partial charge in [-0.15, -0.1) is 0 Å². The lowest BCUT2D eigenvalue weighted by Gasteiger charge is -2.39. The van der Waals surface area contributed by atoms with Gasteiger partial charge >= 0.3 is 11.9 Å². The molecule has 182 valence electrons. The predicted molar refractivity (Wildman–Crippen MR) is 126 cm³/mol. The van der Waals surface area contributed by atoms with Gasteiger partial charge in [0.2, 0.25) is 5.75 Å². The van der Waals surface area contributed by atoms with Crippen molar-refractivity contribution < 1.29 is 33.3 Å². The molecule has 0 bridgehead atoms. The van der Waals surface area contributed by atoms with Crippen LogP contribution in [0.1, 0.15) is 56.0 Å². The maximum Gasteiger partial charge on any atom is 0.338 e. The van der Waals surface area contributed by atoms with Gasteiger partial charge in [0.15, 0.2) is 11.5 Å². The van der Waals surface area contributed by atoms with Crippen LogP contribution in [0.15, 0.2) is 30.3 Å². The average molecular weight is 469 g/mol. The van der Waals surface area contributed by atoms with Gasteiger partial charge in [0.05, 0.1) is 26.4 Å². The quantitative estimate of drug-likeness (QED) is 0.494. The Bertz CT molecular complexity index is 1090. The summed E-state index contributed by atoms with van der Waals surface area (Å²) in [6.45, 7) is 6.81. The van der Waals surface area contributed by atoms with Gasteiger partial charge in [-0.3, -0.25) is 4.79 Å². The first-order chi connectivity index (χ1) is 16.2. The molecule has 1 saturated carbocycles. The van der Waals surface area contributed by atoms with Crippen LogP contribution in [0.3, 0.4) is 0 Å². The summed E-state index contributed by atoms with van der Waals surface area (Å²) >= 11 is 0. The first-order valence-electron chi connectivity index (χ1n) is 11.5. The van der Waals surface area contributed by atoms with E-state index in [0.717, 1.165) is 23.1 Å². The van der Waals surface area contributed by atoms with Crippen molar-refractivity contribution in [1.82, 2.24) is 0 Å². The third kappa shape index (κ3) is 4.43. The number of hydrogen-bond acceptors (Lipinski definition) is 7. The van der Waals surface area contributed by atoms with Crippen LogP contribution in [0.2, 0.25) is 0 Å². The lowest BCUT2D eigenvalue weighted by atomic mass is 9.69. The molecule has 1 aliphatic heterocycles. The number of fused-ring (bicyclic) bond motifs is 1. The molecule has 34 heavy (non-hydrogen) atoms. The molecule has 0 radical (unpaired) electrons. The van der Waals surface area contributed by atoms with Gasteiger partial charge in [0.25, 0.3) is 0 Å². The van der Waals surface area contributed by atoms with Crippen LogP contribution >= 0.6 is 0 Å². The number of carbonyl (C=O) groups is 2. The molecular formula is C27H32O7. The van der Waals surface area contributed by atoms with Crippen molar-refractivity contribution in [3.05, 3.63) is 41.5 Å². The summed E-state index contributed by atoms with van der Waals surface area (Å²) in [5.41, 5.74) is 2.10. The molecule has 2 aromatic carbocycles. The Morgan fingerprint density at radius 3 is 2.35 bits per heavy atom. The molecule has 2 aromatic rings. The lowest BCUT2D eigenvalue weighted by molar-refractivity contribution is -0.167. The molecule has 0 aromatic heterocycles. The summed E-state index contributed by atoms with van der Waals surface area (Å²) in [5, 5.41) is 0. The minimum absolute atomic E-state index is 0.113. The highest BCUT2D eigenvalue weighted by Crippen LogP contribution is 2.49. The molecule has 0 N–H and O–H groups in total. The average Bonchev–Trinajstić information content (AvgIpc) is 3.17. The minimum Gasteiger partial charge on any atom is -0.493 e. The molecule has 0 unspecified atom stereocenters. The third-order valence-corrected chi connectivity index (χ3v) is 6.41. The first kappa shape index (κ1) is 23.9. The summed E-state index contributed by atoms with van der Waals surface area (Å²) < 4.78 is 28.5. The molecule has 1 heterocycles. The molecule has 1 aliphatic carbocycles. The van der Waals surface area contributed by atoms with E-state index in [1.54, 1.807) is 26.4 Å². The van der Waals surface area contributed by atoms with Gasteiger partial charge in [0, 0.05) is 11.1 Å². The van der Waals surface area contributed by atoms with E-state index in [0.29, 0.717) is 42.3 Å². The zero-order chi connectivity index (χ0) is 24.5. The number of rotatable bonds is 8. The number of ether oxygens (including phenoxy) is 5. The monoisotopic (exact) mass is 468 g/mol. The van der Waals surface area contributed by atoms with E-state index in [9.17, 15) is 9.59 Å². The van der Waals surface area contributed by atoms with Crippen molar-refractivity contribution in [3.8, 4) is 28.4 Å². The smallest absolute Gasteiger partial charge is 0.338 e. The van der Waals surface area contributed by atoms with Crippen LogP contribution in [0.4, 0.5) is 0 Å². The number of carbonyl (C=O) groups excluding carboxylic acids is 2. The van der Waals surface area contributed by atoms with Crippen molar-refractivity contribution in [3.63, 3.8) is 0 Å². The van der Waals surface area contributed by atoms with Gasteiger partial charge in [-0.05, 0) is 42.0 Å². The molecule has 0 saturated heterocycles. The number of esters is 2. The lowest BCUT2D eigenvalue weighted by Crippen LogP contribution is -2.45. The molecule has 0 spiro atoms. The Kier molecular flexibility index (Phi) is 6.47. The summed E-state index contributed by atoms with van der Waals surface area (Å²) in [5.74, 6) is 0.843. The fourth-order valence-electron chi connectivity index (χ4n) is 4.31. The second-order valence-corrected chi connectivity index (χ2v) is 10.1. The maximum absolute atomic E-state index is 13.0. The van der Waals surface area contributed by atoms with E-state index in [-0.39, 0.29) is 30.6 Å². The summed E-state index contributed by atoms with van der Waals surface area (Å²) in [4.78, 5) is 25.1. The highest BCUT2D eigenvalue weighted by Gasteiger charge is 2.47. The highest BCUT2D eigenvalue weighted by molar-refractivity contribution is 5.96. The molecule has 4 rings (SSSR count). The Labute approximate surface area is 200 Å². The van der Waals surface area contributed by atoms with Gasteiger partial charge < -0.3 is 23.7 Å². The summed E-state index contributed by atoms with van der Waals surface area (Å²) in [6, 6.07) is 9.17. The molecule has 0 atom stereocenters. The Balaban J connectivity index is 1.69. The maximum atomic E-state index is 13.0. The van der Waals surface area contributed by atoms with E-state index < -0.39 is 5.41 Å². The van der Waals surface area contributed by atoms with Gasteiger partial charge in [-0.25, -0.2) is 4.79 Å². The van der Waals surface area contributed by atoms with Crippen molar-refractivity contribution >= 4 is 11.9 Å². The third-order valence-electron chi connectivity index (χ3n) is 6.41. The van der Waals surface area contributed by atoms with Crippen LogP contribution in [0.5, 0.6) is 17.2 Å². The second kappa shape index (κ2) is 9.20. The number of hydrogen-bond donors (Lipinski definition) is 0. The fourth-order valence-corrected chi connectivity index (χ4v) is 4.31. The zero-order valence-electron chi connectivity index (χ0n) is 20.5. The van der Waals surface area contributed by atoms with E-state index in [1.165, 1.54) is 0 Å².